The van der Waals surface area contributed by atoms with E-state index in [4.69, 9.17) is 10.8 Å². The number of carbonyl (C=O) groups excluding carboxylic acids is 1. The number of phenolic OH excluding ortho intramolecular Hbond substituents is 1. The van der Waals surface area contributed by atoms with Crippen molar-refractivity contribution in [1.29, 1.82) is 0 Å². The molecule has 12 heavy (non-hydrogen) atoms. The standard InChI is InChI=1S/C8H8NO3/c9-7(8(11)12)5-1-3-6(10)4-2-5/h1-4,7,10H,9H2. The van der Waals surface area contributed by atoms with Gasteiger partial charge in [0, 0.05) is 0 Å². The molecule has 4 nitrogen and oxygen atoms in total. The van der Waals surface area contributed by atoms with Gasteiger partial charge >= 0.3 is 5.97 Å². The first-order valence-corrected chi connectivity index (χ1v) is 3.36. The van der Waals surface area contributed by atoms with Crippen LogP contribution in [0.25, 0.3) is 0 Å². The van der Waals surface area contributed by atoms with E-state index in [9.17, 15) is 9.90 Å². The molecule has 0 saturated heterocycles. The molecule has 0 aliphatic heterocycles. The molecule has 1 atom stereocenters. The van der Waals surface area contributed by atoms with E-state index in [1.807, 2.05) is 0 Å². The average molecular weight is 166 g/mol. The summed E-state index contributed by atoms with van der Waals surface area (Å²) in [4.78, 5) is 10.3. The highest BCUT2D eigenvalue weighted by molar-refractivity contribution is 5.74. The van der Waals surface area contributed by atoms with Crippen molar-refractivity contribution in [3.63, 3.8) is 0 Å². The highest BCUT2D eigenvalue weighted by atomic mass is 16.4. The van der Waals surface area contributed by atoms with Crippen LogP contribution in [-0.4, -0.2) is 11.1 Å². The van der Waals surface area contributed by atoms with E-state index in [0.717, 1.165) is 0 Å². The van der Waals surface area contributed by atoms with Gasteiger partial charge in [0.1, 0.15) is 11.8 Å². The quantitative estimate of drug-likeness (QED) is 0.664. The fourth-order valence-corrected chi connectivity index (χ4v) is 0.818. The minimum atomic E-state index is -1.33. The van der Waals surface area contributed by atoms with Gasteiger partial charge < -0.3 is 10.8 Å². The number of benzene rings is 1. The summed E-state index contributed by atoms with van der Waals surface area (Å²) in [7, 11) is 0. The van der Waals surface area contributed by atoms with Crippen molar-refractivity contribution in [1.82, 2.24) is 0 Å². The van der Waals surface area contributed by atoms with Gasteiger partial charge in [0.05, 0.1) is 0 Å². The lowest BCUT2D eigenvalue weighted by molar-refractivity contribution is -0.144. The molecule has 0 aromatic heterocycles. The van der Waals surface area contributed by atoms with Crippen LogP contribution in [0.3, 0.4) is 0 Å². The lowest BCUT2D eigenvalue weighted by Gasteiger charge is -2.03. The number of aromatic hydroxyl groups is 1. The van der Waals surface area contributed by atoms with Crippen LogP contribution in [0.4, 0.5) is 0 Å². The minimum Gasteiger partial charge on any atom is -0.508 e. The average Bonchev–Trinajstić information content (AvgIpc) is 2.04. The largest absolute Gasteiger partial charge is 0.508 e. The Morgan fingerprint density at radius 1 is 1.33 bits per heavy atom. The molecular weight excluding hydrogens is 158 g/mol. The van der Waals surface area contributed by atoms with Gasteiger partial charge in [-0.15, -0.1) is 0 Å². The van der Waals surface area contributed by atoms with Gasteiger partial charge in [-0.05, 0) is 17.7 Å². The summed E-state index contributed by atoms with van der Waals surface area (Å²) >= 11 is 0. The van der Waals surface area contributed by atoms with Gasteiger partial charge in [0.2, 0.25) is 0 Å². The molecule has 0 heterocycles. The summed E-state index contributed by atoms with van der Waals surface area (Å²) in [5, 5.41) is 19.2. The predicted octanol–water partition coefficient (Wildman–Crippen LogP) is 0.349. The third kappa shape index (κ3) is 1.73. The van der Waals surface area contributed by atoms with E-state index in [1.165, 1.54) is 24.3 Å². The first-order valence-electron chi connectivity index (χ1n) is 3.36. The fourth-order valence-electron chi connectivity index (χ4n) is 0.818. The van der Waals surface area contributed by atoms with Crippen molar-refractivity contribution in [2.75, 3.05) is 0 Å². The van der Waals surface area contributed by atoms with E-state index in [2.05, 4.69) is 0 Å². The fraction of sp³-hybridized carbons (Fsp3) is 0.125. The molecular formula is C8H8NO3. The van der Waals surface area contributed by atoms with E-state index in [0.29, 0.717) is 5.56 Å². The first-order chi connectivity index (χ1) is 5.61. The highest BCUT2D eigenvalue weighted by Crippen LogP contribution is 2.14. The summed E-state index contributed by atoms with van der Waals surface area (Å²) in [5.74, 6) is -1.26. The second-order valence-corrected chi connectivity index (χ2v) is 2.39. The van der Waals surface area contributed by atoms with Crippen LogP contribution < -0.4 is 5.73 Å². The maximum atomic E-state index is 10.3. The molecule has 0 bridgehead atoms. The van der Waals surface area contributed by atoms with E-state index in [1.54, 1.807) is 0 Å². The molecule has 0 saturated carbocycles. The zero-order chi connectivity index (χ0) is 9.14. The van der Waals surface area contributed by atoms with Gasteiger partial charge in [-0.2, -0.15) is 0 Å². The smallest absolute Gasteiger partial charge is 0.376 e. The molecule has 3 N–H and O–H groups in total. The molecule has 1 aromatic rings. The molecule has 0 amide bonds. The van der Waals surface area contributed by atoms with Crippen LogP contribution in [0, 0.1) is 0 Å². The summed E-state index contributed by atoms with van der Waals surface area (Å²) in [6, 6.07) is 4.49. The molecule has 1 aromatic carbocycles. The Morgan fingerprint density at radius 3 is 2.25 bits per heavy atom. The zero-order valence-corrected chi connectivity index (χ0v) is 6.23. The molecule has 1 unspecified atom stereocenters. The van der Waals surface area contributed by atoms with E-state index >= 15 is 0 Å². The number of hydrogen-bond acceptors (Lipinski definition) is 3. The van der Waals surface area contributed by atoms with Crippen molar-refractivity contribution in [2.24, 2.45) is 5.73 Å². The Bertz CT molecular complexity index is 281. The first kappa shape index (κ1) is 8.55. The number of hydrogen-bond donors (Lipinski definition) is 2. The predicted molar refractivity (Wildman–Crippen MR) is 40.7 cm³/mol. The maximum absolute atomic E-state index is 10.3. The third-order valence-electron chi connectivity index (χ3n) is 1.51. The van der Waals surface area contributed by atoms with E-state index < -0.39 is 12.0 Å². The molecule has 0 fully saturated rings. The topological polar surface area (TPSA) is 83.2 Å². The van der Waals surface area contributed by atoms with Gasteiger partial charge in [-0.25, -0.2) is 9.90 Å². The van der Waals surface area contributed by atoms with E-state index in [-0.39, 0.29) is 5.75 Å². The van der Waals surface area contributed by atoms with Crippen molar-refractivity contribution in [3.8, 4) is 5.75 Å². The Hall–Kier alpha value is -1.55. The zero-order valence-electron chi connectivity index (χ0n) is 6.23. The van der Waals surface area contributed by atoms with Crippen molar-refractivity contribution < 1.29 is 15.0 Å². The highest BCUT2D eigenvalue weighted by Gasteiger charge is 2.15. The minimum absolute atomic E-state index is 0.0734. The van der Waals surface area contributed by atoms with Crippen LogP contribution in [-0.2, 0) is 9.90 Å². The van der Waals surface area contributed by atoms with Gasteiger partial charge in [-0.1, -0.05) is 12.1 Å². The number of carbonyl (C=O) groups is 1. The Kier molecular flexibility index (Phi) is 2.30. The van der Waals surface area contributed by atoms with Crippen molar-refractivity contribution in [2.45, 2.75) is 6.04 Å². The van der Waals surface area contributed by atoms with Gasteiger partial charge in [0.25, 0.3) is 0 Å². The Balaban J connectivity index is 2.89. The van der Waals surface area contributed by atoms with Crippen LogP contribution in [0.2, 0.25) is 0 Å². The molecule has 0 aliphatic carbocycles. The molecule has 1 rings (SSSR count). The van der Waals surface area contributed by atoms with Crippen LogP contribution >= 0.6 is 0 Å². The van der Waals surface area contributed by atoms with Crippen LogP contribution in [0.5, 0.6) is 5.75 Å². The summed E-state index contributed by atoms with van der Waals surface area (Å²) in [5.41, 5.74) is 5.65. The number of nitrogens with two attached hydrogens (primary N) is 1. The van der Waals surface area contributed by atoms with Gasteiger partial charge in [0.15, 0.2) is 0 Å². The van der Waals surface area contributed by atoms with Crippen molar-refractivity contribution in [3.05, 3.63) is 29.8 Å². The monoisotopic (exact) mass is 166 g/mol. The Labute approximate surface area is 69.3 Å². The second-order valence-electron chi connectivity index (χ2n) is 2.39. The van der Waals surface area contributed by atoms with Crippen LogP contribution in [0.1, 0.15) is 11.6 Å². The van der Waals surface area contributed by atoms with Gasteiger partial charge in [-0.3, -0.25) is 0 Å². The molecule has 0 spiro atoms. The molecule has 1 radical (unpaired) electrons. The normalized spacial score (nSPS) is 12.4. The SMILES string of the molecule is NC(C([O])=O)c1ccc(O)cc1. The van der Waals surface area contributed by atoms with Crippen LogP contribution in [0.15, 0.2) is 24.3 Å². The molecule has 0 aliphatic rings. The third-order valence-corrected chi connectivity index (χ3v) is 1.51. The number of phenols is 1. The summed E-state index contributed by atoms with van der Waals surface area (Å²) < 4.78 is 0. The lowest BCUT2D eigenvalue weighted by Crippen LogP contribution is -2.19. The summed E-state index contributed by atoms with van der Waals surface area (Å²) in [6.07, 6.45) is 0. The number of rotatable bonds is 2. The second kappa shape index (κ2) is 3.23. The maximum Gasteiger partial charge on any atom is 0.376 e. The van der Waals surface area contributed by atoms with Crippen molar-refractivity contribution >= 4 is 5.97 Å². The molecule has 4 heteroatoms. The molecule has 63 valence electrons. The summed E-state index contributed by atoms with van der Waals surface area (Å²) in [6.45, 7) is 0. The lowest BCUT2D eigenvalue weighted by atomic mass is 10.1. The Morgan fingerprint density at radius 2 is 1.83 bits per heavy atom.